The smallest absolute Gasteiger partial charge is 0.260 e. The molecule has 19 heavy (non-hydrogen) atoms. The van der Waals surface area contributed by atoms with Crippen molar-refractivity contribution in [3.63, 3.8) is 0 Å². The molecule has 0 aliphatic carbocycles. The number of alkyl halides is 1. The summed E-state index contributed by atoms with van der Waals surface area (Å²) in [6.45, 7) is -0.0832. The molecule has 0 radical (unpaired) electrons. The molecule has 0 bridgehead atoms. The SMILES string of the molecule is CNC(=O)C(Cc1ccccc1)CN(O)C(=O)CCl. The van der Waals surface area contributed by atoms with Crippen molar-refractivity contribution in [1.82, 2.24) is 10.4 Å². The Morgan fingerprint density at radius 2 is 2.00 bits per heavy atom. The normalized spacial score (nSPS) is 11.7. The highest BCUT2D eigenvalue weighted by molar-refractivity contribution is 6.27. The minimum absolute atomic E-state index is 0.0832. The Morgan fingerprint density at radius 3 is 2.53 bits per heavy atom. The Bertz CT molecular complexity index is 425. The Hall–Kier alpha value is -1.59. The molecule has 0 saturated carbocycles. The highest BCUT2D eigenvalue weighted by Gasteiger charge is 2.23. The molecule has 0 aromatic heterocycles. The van der Waals surface area contributed by atoms with E-state index in [2.05, 4.69) is 5.32 Å². The molecule has 5 nitrogen and oxygen atoms in total. The summed E-state index contributed by atoms with van der Waals surface area (Å²) in [6.07, 6.45) is 0.438. The van der Waals surface area contributed by atoms with Gasteiger partial charge in [-0.2, -0.15) is 0 Å². The van der Waals surface area contributed by atoms with Crippen LogP contribution in [0.4, 0.5) is 0 Å². The van der Waals surface area contributed by atoms with E-state index in [0.717, 1.165) is 5.56 Å². The van der Waals surface area contributed by atoms with E-state index in [1.807, 2.05) is 30.3 Å². The number of nitrogens with zero attached hydrogens (tertiary/aromatic N) is 1. The quantitative estimate of drug-likeness (QED) is 0.466. The predicted molar refractivity (Wildman–Crippen MR) is 71.9 cm³/mol. The third-order valence-corrected chi connectivity index (χ3v) is 2.97. The Morgan fingerprint density at radius 1 is 1.37 bits per heavy atom. The first-order chi connectivity index (χ1) is 9.08. The van der Waals surface area contributed by atoms with Crippen LogP contribution in [0.3, 0.4) is 0 Å². The van der Waals surface area contributed by atoms with E-state index in [-0.39, 0.29) is 18.3 Å². The number of carbonyl (C=O) groups excluding carboxylic acids is 2. The molecule has 1 unspecified atom stereocenters. The topological polar surface area (TPSA) is 69.6 Å². The van der Waals surface area contributed by atoms with Crippen LogP contribution >= 0.6 is 11.6 Å². The summed E-state index contributed by atoms with van der Waals surface area (Å²) in [7, 11) is 1.52. The van der Waals surface area contributed by atoms with Crippen molar-refractivity contribution in [3.8, 4) is 0 Å². The van der Waals surface area contributed by atoms with Gasteiger partial charge < -0.3 is 5.32 Å². The molecule has 1 rings (SSSR count). The summed E-state index contributed by atoms with van der Waals surface area (Å²) < 4.78 is 0. The third kappa shape index (κ3) is 4.89. The lowest BCUT2D eigenvalue weighted by Crippen LogP contribution is -2.40. The molecule has 6 heteroatoms. The van der Waals surface area contributed by atoms with Gasteiger partial charge in [0.2, 0.25) is 5.91 Å². The number of rotatable bonds is 6. The summed E-state index contributed by atoms with van der Waals surface area (Å²) in [5.74, 6) is -1.69. The van der Waals surface area contributed by atoms with Gasteiger partial charge in [0.15, 0.2) is 0 Å². The van der Waals surface area contributed by atoms with Crippen LogP contribution in [-0.4, -0.2) is 41.6 Å². The fourth-order valence-electron chi connectivity index (χ4n) is 1.72. The van der Waals surface area contributed by atoms with E-state index < -0.39 is 11.8 Å². The molecule has 1 aromatic carbocycles. The van der Waals surface area contributed by atoms with E-state index in [1.54, 1.807) is 0 Å². The van der Waals surface area contributed by atoms with Crippen molar-refractivity contribution in [3.05, 3.63) is 35.9 Å². The lowest BCUT2D eigenvalue weighted by molar-refractivity contribution is -0.166. The van der Waals surface area contributed by atoms with Gasteiger partial charge in [-0.1, -0.05) is 30.3 Å². The van der Waals surface area contributed by atoms with Gasteiger partial charge in [0, 0.05) is 7.05 Å². The highest BCUT2D eigenvalue weighted by Crippen LogP contribution is 2.10. The summed E-state index contributed by atoms with van der Waals surface area (Å²) in [6, 6.07) is 9.41. The van der Waals surface area contributed by atoms with Crippen molar-refractivity contribution in [2.75, 3.05) is 19.5 Å². The lowest BCUT2D eigenvalue weighted by atomic mass is 9.98. The minimum atomic E-state index is -0.622. The van der Waals surface area contributed by atoms with Crippen LogP contribution in [0.1, 0.15) is 5.56 Å². The zero-order valence-electron chi connectivity index (χ0n) is 10.7. The monoisotopic (exact) mass is 284 g/mol. The lowest BCUT2D eigenvalue weighted by Gasteiger charge is -2.21. The average molecular weight is 285 g/mol. The maximum atomic E-state index is 11.8. The summed E-state index contributed by atoms with van der Waals surface area (Å²) >= 11 is 5.35. The first-order valence-corrected chi connectivity index (χ1v) is 6.42. The molecule has 2 N–H and O–H groups in total. The molecule has 0 fully saturated rings. The third-order valence-electron chi connectivity index (χ3n) is 2.74. The van der Waals surface area contributed by atoms with Crippen molar-refractivity contribution in [2.24, 2.45) is 5.92 Å². The largest absolute Gasteiger partial charge is 0.359 e. The number of halogens is 1. The second-order valence-electron chi connectivity index (χ2n) is 4.11. The molecule has 0 aliphatic rings. The van der Waals surface area contributed by atoms with Crippen molar-refractivity contribution >= 4 is 23.4 Å². The van der Waals surface area contributed by atoms with Crippen LogP contribution in [0.5, 0.6) is 0 Å². The van der Waals surface area contributed by atoms with Crippen molar-refractivity contribution in [1.29, 1.82) is 0 Å². The van der Waals surface area contributed by atoms with Crippen LogP contribution in [0.15, 0.2) is 30.3 Å². The average Bonchev–Trinajstić information content (AvgIpc) is 2.45. The second-order valence-corrected chi connectivity index (χ2v) is 4.38. The van der Waals surface area contributed by atoms with Gasteiger partial charge in [0.05, 0.1) is 12.5 Å². The van der Waals surface area contributed by atoms with Gasteiger partial charge >= 0.3 is 0 Å². The van der Waals surface area contributed by atoms with Crippen molar-refractivity contribution in [2.45, 2.75) is 6.42 Å². The number of nitrogens with one attached hydrogen (secondary N) is 1. The van der Waals surface area contributed by atoms with Gasteiger partial charge in [-0.15, -0.1) is 11.6 Å². The van der Waals surface area contributed by atoms with E-state index in [4.69, 9.17) is 11.6 Å². The van der Waals surface area contributed by atoms with Gasteiger partial charge in [0.1, 0.15) is 5.88 Å². The van der Waals surface area contributed by atoms with Crippen LogP contribution in [-0.2, 0) is 16.0 Å². The Kier molecular flexibility index (Phi) is 6.32. The Labute approximate surface area is 117 Å². The maximum absolute atomic E-state index is 11.8. The zero-order chi connectivity index (χ0) is 14.3. The number of carbonyl (C=O) groups is 2. The number of hydrogen-bond donors (Lipinski definition) is 2. The van der Waals surface area contributed by atoms with E-state index in [0.29, 0.717) is 11.5 Å². The van der Waals surface area contributed by atoms with E-state index in [9.17, 15) is 14.8 Å². The first-order valence-electron chi connectivity index (χ1n) is 5.89. The van der Waals surface area contributed by atoms with Gasteiger partial charge in [-0.25, -0.2) is 5.06 Å². The fourth-order valence-corrected chi connectivity index (χ4v) is 1.86. The standard InChI is InChI=1S/C13H17ClN2O3/c1-15-13(18)11(9-16(19)12(17)8-14)7-10-5-3-2-4-6-10/h2-6,11,19H,7-9H2,1H3,(H,15,18). The number of benzene rings is 1. The number of hydroxylamine groups is 2. The Balaban J connectivity index is 2.73. The summed E-state index contributed by atoms with van der Waals surface area (Å²) in [4.78, 5) is 23.0. The van der Waals surface area contributed by atoms with Crippen LogP contribution < -0.4 is 5.32 Å². The molecule has 2 amide bonds. The fraction of sp³-hybridized carbons (Fsp3) is 0.385. The molecular formula is C13H17ClN2O3. The number of hydrogen-bond acceptors (Lipinski definition) is 3. The molecular weight excluding hydrogens is 268 g/mol. The van der Waals surface area contributed by atoms with E-state index in [1.165, 1.54) is 7.05 Å². The van der Waals surface area contributed by atoms with Gasteiger partial charge in [-0.3, -0.25) is 14.8 Å². The van der Waals surface area contributed by atoms with Gasteiger partial charge in [0.25, 0.3) is 5.91 Å². The molecule has 0 aliphatic heterocycles. The second kappa shape index (κ2) is 7.76. The van der Waals surface area contributed by atoms with Crippen LogP contribution in [0, 0.1) is 5.92 Å². The maximum Gasteiger partial charge on any atom is 0.260 e. The highest BCUT2D eigenvalue weighted by atomic mass is 35.5. The van der Waals surface area contributed by atoms with E-state index >= 15 is 0 Å². The number of amides is 2. The zero-order valence-corrected chi connectivity index (χ0v) is 11.4. The molecule has 1 aromatic rings. The molecule has 0 saturated heterocycles. The molecule has 0 heterocycles. The molecule has 1 atom stereocenters. The van der Waals surface area contributed by atoms with Crippen molar-refractivity contribution < 1.29 is 14.8 Å². The first kappa shape index (κ1) is 15.5. The molecule has 0 spiro atoms. The summed E-state index contributed by atoms with van der Waals surface area (Å²) in [5, 5.41) is 12.6. The van der Waals surface area contributed by atoms with Crippen LogP contribution in [0.25, 0.3) is 0 Å². The minimum Gasteiger partial charge on any atom is -0.359 e. The predicted octanol–water partition coefficient (Wildman–Crippen LogP) is 1.05. The van der Waals surface area contributed by atoms with Crippen LogP contribution in [0.2, 0.25) is 0 Å². The molecule has 104 valence electrons. The van der Waals surface area contributed by atoms with Gasteiger partial charge in [-0.05, 0) is 12.0 Å². The summed E-state index contributed by atoms with van der Waals surface area (Å²) in [5.41, 5.74) is 0.961.